The first-order chi connectivity index (χ1) is 15.1. The van der Waals surface area contributed by atoms with Gasteiger partial charge in [0.2, 0.25) is 4.96 Å². The van der Waals surface area contributed by atoms with Crippen molar-refractivity contribution < 1.29 is 4.79 Å². The van der Waals surface area contributed by atoms with Crippen LogP contribution < -0.4 is 15.1 Å². The fourth-order valence-corrected chi connectivity index (χ4v) is 5.14. The third kappa shape index (κ3) is 2.94. The molecule has 0 spiro atoms. The van der Waals surface area contributed by atoms with Gasteiger partial charge in [-0.25, -0.2) is 14.3 Å². The Morgan fingerprint density at radius 3 is 2.97 bits per heavy atom. The van der Waals surface area contributed by atoms with Crippen molar-refractivity contribution in [3.63, 3.8) is 0 Å². The lowest BCUT2D eigenvalue weighted by Crippen LogP contribution is -2.48. The summed E-state index contributed by atoms with van der Waals surface area (Å²) in [5, 5.41) is 9.29. The summed E-state index contributed by atoms with van der Waals surface area (Å²) in [5.74, 6) is 0.984. The van der Waals surface area contributed by atoms with Crippen LogP contribution in [0.4, 0.5) is 22.2 Å². The van der Waals surface area contributed by atoms with Crippen LogP contribution in [-0.4, -0.2) is 49.7 Å². The number of thiazole rings is 1. The molecule has 156 valence electrons. The summed E-state index contributed by atoms with van der Waals surface area (Å²) in [6.45, 7) is 5.64. The van der Waals surface area contributed by atoms with E-state index in [9.17, 15) is 4.79 Å². The highest BCUT2D eigenvalue weighted by Gasteiger charge is 2.40. The molecule has 1 N–H and O–H groups in total. The molecule has 1 atom stereocenters. The largest absolute Gasteiger partial charge is 0.366 e. The van der Waals surface area contributed by atoms with Gasteiger partial charge >= 0.3 is 6.03 Å². The van der Waals surface area contributed by atoms with Crippen LogP contribution in [0.2, 0.25) is 0 Å². The number of nitrogens with zero attached hydrogens (tertiary/aromatic N) is 7. The van der Waals surface area contributed by atoms with Crippen LogP contribution in [0.25, 0.3) is 16.2 Å². The molecule has 0 aliphatic carbocycles. The van der Waals surface area contributed by atoms with Crippen molar-refractivity contribution in [3.8, 4) is 11.3 Å². The van der Waals surface area contributed by atoms with Gasteiger partial charge in [0.05, 0.1) is 23.1 Å². The van der Waals surface area contributed by atoms with E-state index in [0.717, 1.165) is 52.8 Å². The predicted molar refractivity (Wildman–Crippen MR) is 120 cm³/mol. The SMILES string of the molecule is Cc1cc(-c2ccc3c(n2)N(C(=O)Nc2nc4scc(C)n4n2)[C@H]2CCN3C2)ccn1. The zero-order valence-corrected chi connectivity index (χ0v) is 17.9. The number of amides is 2. The first kappa shape index (κ1) is 18.3. The van der Waals surface area contributed by atoms with Crippen LogP contribution in [0.5, 0.6) is 0 Å². The Balaban J connectivity index is 1.38. The van der Waals surface area contributed by atoms with Crippen LogP contribution >= 0.6 is 11.3 Å². The number of fused-ring (bicyclic) bond motifs is 5. The Kier molecular flexibility index (Phi) is 3.97. The summed E-state index contributed by atoms with van der Waals surface area (Å²) in [4.78, 5) is 31.8. The predicted octanol–water partition coefficient (Wildman–Crippen LogP) is 3.50. The lowest BCUT2D eigenvalue weighted by atomic mass is 10.1. The molecule has 6 rings (SSSR count). The molecule has 0 aromatic carbocycles. The molecule has 2 aliphatic heterocycles. The first-order valence-electron chi connectivity index (χ1n) is 10.2. The Labute approximate surface area is 182 Å². The van der Waals surface area contributed by atoms with E-state index in [2.05, 4.69) is 31.3 Å². The summed E-state index contributed by atoms with van der Waals surface area (Å²) in [6, 6.07) is 7.83. The topological polar surface area (TPSA) is 91.5 Å². The van der Waals surface area contributed by atoms with Gasteiger partial charge in [-0.05, 0) is 44.5 Å². The molecule has 6 heterocycles. The van der Waals surface area contributed by atoms with E-state index in [1.54, 1.807) is 15.6 Å². The Morgan fingerprint density at radius 2 is 2.13 bits per heavy atom. The third-order valence-corrected chi connectivity index (χ3v) is 6.76. The number of aryl methyl sites for hydroxylation is 2. The van der Waals surface area contributed by atoms with E-state index in [4.69, 9.17) is 4.98 Å². The van der Waals surface area contributed by atoms with Gasteiger partial charge in [-0.15, -0.1) is 16.4 Å². The molecule has 2 amide bonds. The second-order valence-electron chi connectivity index (χ2n) is 7.92. The quantitative estimate of drug-likeness (QED) is 0.521. The number of aromatic nitrogens is 5. The number of nitrogens with one attached hydrogen (secondary N) is 1. The first-order valence-corrected chi connectivity index (χ1v) is 11.0. The maximum absolute atomic E-state index is 13.4. The van der Waals surface area contributed by atoms with Crippen molar-refractivity contribution in [1.82, 2.24) is 24.6 Å². The van der Waals surface area contributed by atoms with Crippen molar-refractivity contribution in [2.24, 2.45) is 0 Å². The van der Waals surface area contributed by atoms with E-state index in [1.807, 2.05) is 37.4 Å². The third-order valence-electron chi connectivity index (χ3n) is 5.83. The summed E-state index contributed by atoms with van der Waals surface area (Å²) in [6.07, 6.45) is 2.68. The minimum atomic E-state index is -0.251. The minimum Gasteiger partial charge on any atom is -0.366 e. The normalized spacial score (nSPS) is 17.3. The average Bonchev–Trinajstić information content (AvgIpc) is 3.45. The molecular weight excluding hydrogens is 412 g/mol. The van der Waals surface area contributed by atoms with Crippen molar-refractivity contribution >= 4 is 39.8 Å². The molecule has 0 unspecified atom stereocenters. The highest BCUT2D eigenvalue weighted by atomic mass is 32.1. The second-order valence-corrected chi connectivity index (χ2v) is 8.76. The van der Waals surface area contributed by atoms with E-state index >= 15 is 0 Å². The number of rotatable bonds is 2. The van der Waals surface area contributed by atoms with Crippen molar-refractivity contribution in [2.45, 2.75) is 26.3 Å². The highest BCUT2D eigenvalue weighted by molar-refractivity contribution is 7.15. The van der Waals surface area contributed by atoms with Gasteiger partial charge < -0.3 is 4.90 Å². The summed E-state index contributed by atoms with van der Waals surface area (Å²) < 4.78 is 1.74. The highest BCUT2D eigenvalue weighted by Crippen LogP contribution is 2.40. The molecular formula is C21H20N8OS. The molecule has 10 heteroatoms. The number of anilines is 3. The lowest BCUT2D eigenvalue weighted by molar-refractivity contribution is 0.254. The van der Waals surface area contributed by atoms with Gasteiger partial charge in [0.25, 0.3) is 5.95 Å². The molecule has 2 bridgehead atoms. The number of hydrogen-bond acceptors (Lipinski definition) is 7. The Morgan fingerprint density at radius 1 is 1.23 bits per heavy atom. The van der Waals surface area contributed by atoms with Gasteiger partial charge in [0, 0.05) is 35.9 Å². The molecule has 2 aliphatic rings. The summed E-state index contributed by atoms with van der Waals surface area (Å²) in [5.41, 5.74) is 4.70. The fourth-order valence-electron chi connectivity index (χ4n) is 4.34. The second kappa shape index (κ2) is 6.74. The number of hydrogen-bond donors (Lipinski definition) is 1. The number of urea groups is 1. The molecule has 9 nitrogen and oxygen atoms in total. The molecule has 31 heavy (non-hydrogen) atoms. The van der Waals surface area contributed by atoms with Gasteiger partial charge in [-0.2, -0.15) is 4.98 Å². The van der Waals surface area contributed by atoms with Gasteiger partial charge in [-0.1, -0.05) is 0 Å². The molecule has 1 fully saturated rings. The van der Waals surface area contributed by atoms with Crippen LogP contribution in [-0.2, 0) is 0 Å². The Bertz CT molecular complexity index is 1330. The van der Waals surface area contributed by atoms with E-state index < -0.39 is 0 Å². The van der Waals surface area contributed by atoms with Crippen molar-refractivity contribution in [1.29, 1.82) is 0 Å². The van der Waals surface area contributed by atoms with Crippen molar-refractivity contribution in [2.75, 3.05) is 28.2 Å². The molecule has 4 aromatic rings. The molecule has 1 saturated heterocycles. The maximum Gasteiger partial charge on any atom is 0.330 e. The zero-order valence-electron chi connectivity index (χ0n) is 17.1. The minimum absolute atomic E-state index is 0.0693. The Hall–Kier alpha value is -3.53. The van der Waals surface area contributed by atoms with Crippen LogP contribution in [0, 0.1) is 13.8 Å². The van der Waals surface area contributed by atoms with Gasteiger partial charge in [0.1, 0.15) is 0 Å². The monoisotopic (exact) mass is 432 g/mol. The van der Waals surface area contributed by atoms with Crippen LogP contribution in [0.3, 0.4) is 0 Å². The lowest BCUT2D eigenvalue weighted by Gasteiger charge is -2.35. The van der Waals surface area contributed by atoms with Crippen LogP contribution in [0.1, 0.15) is 17.8 Å². The van der Waals surface area contributed by atoms with Crippen LogP contribution in [0.15, 0.2) is 35.8 Å². The molecule has 4 aromatic heterocycles. The number of pyridine rings is 2. The van der Waals surface area contributed by atoms with E-state index in [0.29, 0.717) is 11.8 Å². The number of carbonyl (C=O) groups is 1. The van der Waals surface area contributed by atoms with Gasteiger partial charge in [-0.3, -0.25) is 15.2 Å². The van der Waals surface area contributed by atoms with Gasteiger partial charge in [0.15, 0.2) is 5.82 Å². The number of carbonyl (C=O) groups excluding carboxylic acids is 1. The molecule has 0 saturated carbocycles. The van der Waals surface area contributed by atoms with Crippen molar-refractivity contribution in [3.05, 3.63) is 47.2 Å². The maximum atomic E-state index is 13.4. The molecule has 0 radical (unpaired) electrons. The summed E-state index contributed by atoms with van der Waals surface area (Å²) in [7, 11) is 0. The fraction of sp³-hybridized carbons (Fsp3) is 0.286. The van der Waals surface area contributed by atoms with E-state index in [-0.39, 0.29) is 12.1 Å². The zero-order chi connectivity index (χ0) is 21.1. The average molecular weight is 433 g/mol. The van der Waals surface area contributed by atoms with E-state index in [1.165, 1.54) is 11.3 Å². The smallest absolute Gasteiger partial charge is 0.330 e. The standard InChI is InChI=1S/C21H20N8OS/c1-12-9-14(5-7-22-12)16-3-4-17-18(23-16)28(15-6-8-27(17)10-15)20(30)24-19-25-21-29(26-19)13(2)11-31-21/h3-5,7,9,11,15H,6,8,10H2,1-2H3,(H,24,26,30)/t15-/m0/s1. The summed E-state index contributed by atoms with van der Waals surface area (Å²) >= 11 is 1.50.